The number of benzene rings is 3. The van der Waals surface area contributed by atoms with E-state index in [1.54, 1.807) is 18.1 Å². The number of oxazole rings is 1. The molecule has 1 fully saturated rings. The molecule has 1 saturated heterocycles. The molecule has 0 saturated carbocycles. The number of anilines is 1. The maximum Gasteiger partial charge on any atom is 0.417 e. The predicted octanol–water partition coefficient (Wildman–Crippen LogP) is 3.63. The molecule has 3 heterocycles. The number of H-pyrrole nitrogens is 1. The number of nitrogens with one attached hydrogen (secondary N) is 1. The minimum atomic E-state index is -4.03. The standard InChI is InChI=1S/C29H29N3O7S/c1-38-15-5-13-31-24-12-9-18(20-6-4-7-21(27(20)24)28(31)34)16-25(33)23-8-2-3-14-32(23)40(36,37)19-10-11-22-26(17-19)39-29(35)30-22/h4,6-7,9-12,17,23H,2-3,5,8,13-16H2,1H3,(H,30,35). The smallest absolute Gasteiger partial charge is 0.408 e. The van der Waals surface area contributed by atoms with Crippen LogP contribution in [0.2, 0.25) is 0 Å². The molecule has 4 aromatic rings. The Morgan fingerprint density at radius 3 is 2.80 bits per heavy atom. The quantitative estimate of drug-likeness (QED) is 0.308. The van der Waals surface area contributed by atoms with Crippen molar-refractivity contribution in [1.82, 2.24) is 9.29 Å². The average Bonchev–Trinajstić information content (AvgIpc) is 3.47. The van der Waals surface area contributed by atoms with Crippen LogP contribution in [0.4, 0.5) is 5.69 Å². The van der Waals surface area contributed by atoms with Crippen LogP contribution < -0.4 is 10.7 Å². The van der Waals surface area contributed by atoms with Crippen molar-refractivity contribution >= 4 is 49.3 Å². The van der Waals surface area contributed by atoms with Gasteiger partial charge in [-0.25, -0.2) is 13.2 Å². The van der Waals surface area contributed by atoms with E-state index in [4.69, 9.17) is 9.15 Å². The molecule has 0 aliphatic carbocycles. The number of nitrogens with zero attached hydrogens (tertiary/aromatic N) is 2. The van der Waals surface area contributed by atoms with Crippen molar-refractivity contribution in [2.24, 2.45) is 0 Å². The first-order valence-corrected chi connectivity index (χ1v) is 14.8. The summed E-state index contributed by atoms with van der Waals surface area (Å²) in [6, 6.07) is 12.7. The second kappa shape index (κ2) is 10.3. The van der Waals surface area contributed by atoms with Gasteiger partial charge in [0.2, 0.25) is 10.0 Å². The van der Waals surface area contributed by atoms with Crippen LogP contribution in [0.15, 0.2) is 62.6 Å². The lowest BCUT2D eigenvalue weighted by Crippen LogP contribution is -2.48. The Hall–Kier alpha value is -3.80. The first kappa shape index (κ1) is 26.4. The highest BCUT2D eigenvalue weighted by Crippen LogP contribution is 2.39. The summed E-state index contributed by atoms with van der Waals surface area (Å²) in [5.41, 5.74) is 2.72. The van der Waals surface area contributed by atoms with E-state index in [0.717, 1.165) is 28.4 Å². The minimum Gasteiger partial charge on any atom is -0.408 e. The normalized spacial score (nSPS) is 17.8. The van der Waals surface area contributed by atoms with Crippen molar-refractivity contribution in [3.8, 4) is 0 Å². The van der Waals surface area contributed by atoms with Crippen LogP contribution in [0.3, 0.4) is 0 Å². The molecule has 11 heteroatoms. The maximum atomic E-state index is 13.7. The number of hydrogen-bond acceptors (Lipinski definition) is 7. The summed E-state index contributed by atoms with van der Waals surface area (Å²) >= 11 is 0. The Balaban J connectivity index is 1.30. The lowest BCUT2D eigenvalue weighted by Gasteiger charge is -2.33. The molecule has 2 aliphatic heterocycles. The van der Waals surface area contributed by atoms with Gasteiger partial charge in [0.1, 0.15) is 0 Å². The molecular weight excluding hydrogens is 534 g/mol. The minimum absolute atomic E-state index is 0.0279. The van der Waals surface area contributed by atoms with Crippen LogP contribution in [-0.2, 0) is 26.0 Å². The van der Waals surface area contributed by atoms with Crippen LogP contribution in [0.1, 0.15) is 41.6 Å². The van der Waals surface area contributed by atoms with Crippen molar-refractivity contribution in [1.29, 1.82) is 0 Å². The highest BCUT2D eigenvalue weighted by Gasteiger charge is 2.38. The Kier molecular flexibility index (Phi) is 6.81. The fraction of sp³-hybridized carbons (Fsp3) is 0.345. The largest absolute Gasteiger partial charge is 0.417 e. The number of ether oxygens (including phenoxy) is 1. The van der Waals surface area contributed by atoms with E-state index in [2.05, 4.69) is 4.98 Å². The van der Waals surface area contributed by atoms with Gasteiger partial charge in [-0.2, -0.15) is 4.31 Å². The van der Waals surface area contributed by atoms with Gasteiger partial charge in [0.05, 0.1) is 22.1 Å². The van der Waals surface area contributed by atoms with Gasteiger partial charge in [0.25, 0.3) is 5.91 Å². The number of ketones is 1. The molecule has 0 radical (unpaired) electrons. The fourth-order valence-corrected chi connectivity index (χ4v) is 7.59. The van der Waals surface area contributed by atoms with E-state index in [-0.39, 0.29) is 35.1 Å². The summed E-state index contributed by atoms with van der Waals surface area (Å²) in [4.78, 5) is 42.7. The Morgan fingerprint density at radius 1 is 1.12 bits per heavy atom. The number of amides is 1. The van der Waals surface area contributed by atoms with E-state index in [1.807, 2.05) is 24.3 Å². The Morgan fingerprint density at radius 2 is 1.98 bits per heavy atom. The second-order valence-corrected chi connectivity index (χ2v) is 12.1. The first-order valence-electron chi connectivity index (χ1n) is 13.3. The van der Waals surface area contributed by atoms with Crippen LogP contribution in [0, 0.1) is 0 Å². The van der Waals surface area contributed by atoms with Crippen molar-refractivity contribution in [2.45, 2.75) is 43.0 Å². The number of aromatic amines is 1. The fourth-order valence-electron chi connectivity index (χ4n) is 5.89. The number of hydrogen-bond donors (Lipinski definition) is 1. The SMILES string of the molecule is COCCCN1C(=O)c2cccc3c(CC(=O)C4CCCCN4S(=O)(=O)c4ccc5[nH]c(=O)oc5c4)ccc1c23. The molecular formula is C29H29N3O7S. The van der Waals surface area contributed by atoms with E-state index in [1.165, 1.54) is 22.5 Å². The highest BCUT2D eigenvalue weighted by atomic mass is 32.2. The molecule has 2 aliphatic rings. The van der Waals surface area contributed by atoms with Gasteiger partial charge in [0.15, 0.2) is 11.4 Å². The zero-order valence-electron chi connectivity index (χ0n) is 22.0. The van der Waals surface area contributed by atoms with Crippen molar-refractivity contribution in [2.75, 3.05) is 31.7 Å². The molecule has 1 aromatic heterocycles. The number of sulfonamides is 1. The molecule has 40 heavy (non-hydrogen) atoms. The predicted molar refractivity (Wildman–Crippen MR) is 149 cm³/mol. The van der Waals surface area contributed by atoms with E-state index in [9.17, 15) is 22.8 Å². The van der Waals surface area contributed by atoms with Crippen LogP contribution in [0.5, 0.6) is 0 Å². The van der Waals surface area contributed by atoms with Gasteiger partial charge in [0, 0.05) is 50.2 Å². The number of carbonyl (C=O) groups excluding carboxylic acids is 2. The van der Waals surface area contributed by atoms with Gasteiger partial charge >= 0.3 is 5.76 Å². The number of piperidine rings is 1. The van der Waals surface area contributed by atoms with Crippen LogP contribution in [0.25, 0.3) is 21.9 Å². The van der Waals surface area contributed by atoms with Crippen molar-refractivity contribution in [3.05, 3.63) is 70.2 Å². The molecule has 0 spiro atoms. The lowest BCUT2D eigenvalue weighted by molar-refractivity contribution is -0.122. The third kappa shape index (κ3) is 4.43. The van der Waals surface area contributed by atoms with Gasteiger partial charge in [-0.1, -0.05) is 24.6 Å². The molecule has 1 atom stereocenters. The maximum absolute atomic E-state index is 13.7. The van der Waals surface area contributed by atoms with Gasteiger partial charge in [-0.3, -0.25) is 14.6 Å². The molecule has 208 valence electrons. The van der Waals surface area contributed by atoms with Crippen LogP contribution in [-0.4, -0.2) is 62.2 Å². The topological polar surface area (TPSA) is 130 Å². The number of methoxy groups -OCH3 is 1. The Bertz CT molecular complexity index is 1810. The third-order valence-electron chi connectivity index (χ3n) is 7.79. The summed E-state index contributed by atoms with van der Waals surface area (Å²) in [5, 5.41) is 1.65. The number of Topliss-reactive ketones (excluding diaryl/α,β-unsaturated/α-hetero) is 1. The number of carbonyl (C=O) groups is 2. The van der Waals surface area contributed by atoms with Crippen molar-refractivity contribution < 1.29 is 27.2 Å². The Labute approximate surface area is 230 Å². The van der Waals surface area contributed by atoms with E-state index >= 15 is 0 Å². The van der Waals surface area contributed by atoms with Crippen molar-refractivity contribution in [3.63, 3.8) is 0 Å². The van der Waals surface area contributed by atoms with E-state index in [0.29, 0.717) is 43.5 Å². The van der Waals surface area contributed by atoms with E-state index < -0.39 is 21.8 Å². The monoisotopic (exact) mass is 563 g/mol. The lowest BCUT2D eigenvalue weighted by atomic mass is 9.93. The van der Waals surface area contributed by atoms with Gasteiger partial charge in [-0.05, 0) is 54.5 Å². The second-order valence-electron chi connectivity index (χ2n) is 10.2. The average molecular weight is 564 g/mol. The summed E-state index contributed by atoms with van der Waals surface area (Å²) < 4.78 is 38.9. The number of fused-ring (bicyclic) bond motifs is 1. The third-order valence-corrected chi connectivity index (χ3v) is 9.70. The summed E-state index contributed by atoms with van der Waals surface area (Å²) in [7, 11) is -2.40. The highest BCUT2D eigenvalue weighted by molar-refractivity contribution is 7.89. The first-order chi connectivity index (χ1) is 19.3. The zero-order chi connectivity index (χ0) is 28.0. The number of rotatable bonds is 9. The number of aromatic nitrogens is 1. The van der Waals surface area contributed by atoms with Gasteiger partial charge < -0.3 is 14.1 Å². The molecule has 1 N–H and O–H groups in total. The van der Waals surface area contributed by atoms with Gasteiger partial charge in [-0.15, -0.1) is 0 Å². The summed E-state index contributed by atoms with van der Waals surface area (Å²) in [5.74, 6) is -0.930. The summed E-state index contributed by atoms with van der Waals surface area (Å²) in [6.45, 7) is 1.30. The molecule has 0 bridgehead atoms. The van der Waals surface area contributed by atoms with Crippen LogP contribution >= 0.6 is 0 Å². The molecule has 6 rings (SSSR count). The molecule has 10 nitrogen and oxygen atoms in total. The zero-order valence-corrected chi connectivity index (χ0v) is 22.8. The molecule has 3 aromatic carbocycles. The molecule has 1 unspecified atom stereocenters. The summed E-state index contributed by atoms with van der Waals surface area (Å²) in [6.07, 6.45) is 2.55. The molecule has 1 amide bonds.